The largest absolute Gasteiger partial charge is 0.409 e. The molecule has 0 aliphatic heterocycles. The molecule has 0 unspecified atom stereocenters. The van der Waals surface area contributed by atoms with E-state index in [9.17, 15) is 4.79 Å². The Morgan fingerprint density at radius 2 is 2.10 bits per heavy atom. The van der Waals surface area contributed by atoms with Gasteiger partial charge in [-0.05, 0) is 12.8 Å². The fourth-order valence-corrected chi connectivity index (χ4v) is 2.83. The average molecular weight is 294 g/mol. The van der Waals surface area contributed by atoms with Crippen LogP contribution < -0.4 is 11.1 Å². The highest BCUT2D eigenvalue weighted by Gasteiger charge is 2.42. The van der Waals surface area contributed by atoms with Crippen LogP contribution in [-0.2, 0) is 11.3 Å². The Morgan fingerprint density at radius 1 is 1.38 bits per heavy atom. The molecular weight excluding hydrogens is 272 g/mol. The van der Waals surface area contributed by atoms with E-state index >= 15 is 0 Å². The first kappa shape index (κ1) is 15.3. The van der Waals surface area contributed by atoms with Crippen molar-refractivity contribution in [2.45, 2.75) is 45.1 Å². The lowest BCUT2D eigenvalue weighted by atomic mass is 9.78. The molecule has 1 saturated carbocycles. The molecule has 1 aromatic heterocycles. The van der Waals surface area contributed by atoms with Crippen LogP contribution in [0.25, 0.3) is 0 Å². The van der Waals surface area contributed by atoms with Gasteiger partial charge in [-0.2, -0.15) is 0 Å². The first-order valence-electron chi connectivity index (χ1n) is 7.29. The number of carbonyl (C=O) groups is 1. The van der Waals surface area contributed by atoms with Crippen LogP contribution in [0.5, 0.6) is 0 Å². The summed E-state index contributed by atoms with van der Waals surface area (Å²) in [6.45, 7) is 0.973. The van der Waals surface area contributed by atoms with E-state index in [0.29, 0.717) is 25.9 Å². The molecule has 8 heteroatoms. The van der Waals surface area contributed by atoms with E-state index in [4.69, 9.17) is 10.9 Å². The Kier molecular flexibility index (Phi) is 5.13. The van der Waals surface area contributed by atoms with Crippen LogP contribution in [0.3, 0.4) is 0 Å². The number of carbonyl (C=O) groups excluding carboxylic acids is 1. The molecule has 1 fully saturated rings. The van der Waals surface area contributed by atoms with Crippen LogP contribution >= 0.6 is 0 Å². The quantitative estimate of drug-likeness (QED) is 0.240. The van der Waals surface area contributed by atoms with Gasteiger partial charge in [0.05, 0.1) is 12.7 Å². The minimum atomic E-state index is -0.881. The van der Waals surface area contributed by atoms with Gasteiger partial charge >= 0.3 is 0 Å². The highest BCUT2D eigenvalue weighted by molar-refractivity contribution is 6.06. The molecule has 4 N–H and O–H groups in total. The number of nitrogens with zero attached hydrogens (tertiary/aromatic N) is 4. The van der Waals surface area contributed by atoms with Gasteiger partial charge in [-0.25, -0.2) is 0 Å². The smallest absolute Gasteiger partial charge is 0.234 e. The summed E-state index contributed by atoms with van der Waals surface area (Å²) in [5, 5.41) is 22.6. The topological polar surface area (TPSA) is 118 Å². The van der Waals surface area contributed by atoms with Crippen molar-refractivity contribution in [1.82, 2.24) is 20.3 Å². The fourth-order valence-electron chi connectivity index (χ4n) is 2.83. The number of nitrogens with one attached hydrogen (secondary N) is 1. The summed E-state index contributed by atoms with van der Waals surface area (Å²) in [5.41, 5.74) is 4.95. The van der Waals surface area contributed by atoms with Crippen molar-refractivity contribution in [1.29, 1.82) is 0 Å². The second kappa shape index (κ2) is 7.05. The summed E-state index contributed by atoms with van der Waals surface area (Å²) in [6.07, 6.45) is 8.54. The van der Waals surface area contributed by atoms with E-state index in [-0.39, 0.29) is 11.7 Å². The van der Waals surface area contributed by atoms with Gasteiger partial charge in [0.15, 0.2) is 5.84 Å². The number of rotatable bonds is 5. The van der Waals surface area contributed by atoms with Gasteiger partial charge < -0.3 is 16.3 Å². The first-order valence-corrected chi connectivity index (χ1v) is 7.29. The number of hydrogen-bond donors (Lipinski definition) is 3. The summed E-state index contributed by atoms with van der Waals surface area (Å²) in [7, 11) is 0. The number of hydrogen-bond acceptors (Lipinski definition) is 5. The monoisotopic (exact) mass is 294 g/mol. The molecule has 0 atom stereocenters. The van der Waals surface area contributed by atoms with Crippen LogP contribution in [0.2, 0.25) is 0 Å². The van der Waals surface area contributed by atoms with Crippen molar-refractivity contribution in [2.24, 2.45) is 16.3 Å². The molecule has 8 nitrogen and oxygen atoms in total. The molecule has 0 aromatic carbocycles. The standard InChI is InChI=1S/C13H22N6O2/c14-11(17-21)13(5-3-1-2-4-6-13)12(20)15-7-9-19-10-8-16-18-19/h8,10,21H,1-7,9H2,(H2,14,17)(H,15,20). The lowest BCUT2D eigenvalue weighted by molar-refractivity contribution is -0.128. The average Bonchev–Trinajstić information content (AvgIpc) is 2.88. The van der Waals surface area contributed by atoms with Gasteiger partial charge in [0.2, 0.25) is 5.91 Å². The predicted octanol–water partition coefficient (Wildman–Crippen LogP) is 0.481. The van der Waals surface area contributed by atoms with Crippen molar-refractivity contribution in [3.63, 3.8) is 0 Å². The molecule has 116 valence electrons. The van der Waals surface area contributed by atoms with Crippen LogP contribution in [0.4, 0.5) is 0 Å². The maximum Gasteiger partial charge on any atom is 0.234 e. The van der Waals surface area contributed by atoms with Crippen molar-refractivity contribution in [2.75, 3.05) is 6.54 Å². The molecule has 1 aliphatic rings. The minimum Gasteiger partial charge on any atom is -0.409 e. The van der Waals surface area contributed by atoms with Gasteiger partial charge in [-0.3, -0.25) is 9.48 Å². The SMILES string of the molecule is N/C(=N/O)C1(C(=O)NCCn2ccnn2)CCCCCC1. The van der Waals surface area contributed by atoms with E-state index < -0.39 is 5.41 Å². The van der Waals surface area contributed by atoms with Crippen LogP contribution in [-0.4, -0.2) is 38.5 Å². The van der Waals surface area contributed by atoms with E-state index in [1.54, 1.807) is 17.1 Å². The highest BCUT2D eigenvalue weighted by atomic mass is 16.4. The molecule has 1 heterocycles. The van der Waals surface area contributed by atoms with E-state index in [0.717, 1.165) is 25.7 Å². The second-order valence-electron chi connectivity index (χ2n) is 5.40. The van der Waals surface area contributed by atoms with Crippen molar-refractivity contribution >= 4 is 11.7 Å². The maximum absolute atomic E-state index is 12.6. The summed E-state index contributed by atoms with van der Waals surface area (Å²) in [6, 6.07) is 0. The van der Waals surface area contributed by atoms with Gasteiger partial charge in [-0.1, -0.05) is 36.1 Å². The Morgan fingerprint density at radius 3 is 2.67 bits per heavy atom. The molecule has 2 rings (SSSR count). The number of aromatic nitrogens is 3. The molecule has 0 saturated heterocycles. The zero-order valence-electron chi connectivity index (χ0n) is 12.0. The number of amides is 1. The Balaban J connectivity index is 2.00. The Hall–Kier alpha value is -2.12. The third kappa shape index (κ3) is 3.50. The summed E-state index contributed by atoms with van der Waals surface area (Å²) in [4.78, 5) is 12.6. The van der Waals surface area contributed by atoms with Crippen molar-refractivity contribution < 1.29 is 10.0 Å². The van der Waals surface area contributed by atoms with Crippen LogP contribution in [0.15, 0.2) is 17.5 Å². The first-order chi connectivity index (χ1) is 10.2. The number of nitrogens with two attached hydrogens (primary N) is 1. The summed E-state index contributed by atoms with van der Waals surface area (Å²) < 4.78 is 1.64. The van der Waals surface area contributed by atoms with Gasteiger partial charge in [0.1, 0.15) is 5.41 Å². The zero-order chi connectivity index (χ0) is 15.1. The number of amidine groups is 1. The fraction of sp³-hybridized carbons (Fsp3) is 0.692. The second-order valence-corrected chi connectivity index (χ2v) is 5.40. The van der Waals surface area contributed by atoms with Crippen molar-refractivity contribution in [3.8, 4) is 0 Å². The van der Waals surface area contributed by atoms with E-state index in [1.807, 2.05) is 0 Å². The molecule has 1 amide bonds. The third-order valence-electron chi connectivity index (χ3n) is 4.09. The van der Waals surface area contributed by atoms with Gasteiger partial charge in [0, 0.05) is 12.7 Å². The third-order valence-corrected chi connectivity index (χ3v) is 4.09. The highest BCUT2D eigenvalue weighted by Crippen LogP contribution is 2.35. The van der Waals surface area contributed by atoms with E-state index in [2.05, 4.69) is 20.8 Å². The van der Waals surface area contributed by atoms with Gasteiger partial charge in [0.25, 0.3) is 0 Å². The van der Waals surface area contributed by atoms with E-state index in [1.165, 1.54) is 0 Å². The summed E-state index contributed by atoms with van der Waals surface area (Å²) >= 11 is 0. The lowest BCUT2D eigenvalue weighted by Crippen LogP contribution is -2.50. The molecule has 0 bridgehead atoms. The van der Waals surface area contributed by atoms with Crippen LogP contribution in [0, 0.1) is 5.41 Å². The van der Waals surface area contributed by atoms with Crippen LogP contribution in [0.1, 0.15) is 38.5 Å². The summed E-state index contributed by atoms with van der Waals surface area (Å²) in [5.74, 6) is -0.150. The van der Waals surface area contributed by atoms with Crippen molar-refractivity contribution in [3.05, 3.63) is 12.4 Å². The lowest BCUT2D eigenvalue weighted by Gasteiger charge is -2.29. The molecule has 21 heavy (non-hydrogen) atoms. The number of oxime groups is 1. The predicted molar refractivity (Wildman–Crippen MR) is 76.6 cm³/mol. The molecule has 1 aliphatic carbocycles. The Labute approximate surface area is 123 Å². The molecule has 1 aromatic rings. The molecule has 0 radical (unpaired) electrons. The maximum atomic E-state index is 12.6. The zero-order valence-corrected chi connectivity index (χ0v) is 12.0. The Bertz CT molecular complexity index is 477. The molecule has 0 spiro atoms. The normalized spacial score (nSPS) is 19.0. The molecular formula is C13H22N6O2. The minimum absolute atomic E-state index is 0.0163. The van der Waals surface area contributed by atoms with Gasteiger partial charge in [-0.15, -0.1) is 5.10 Å².